The highest BCUT2D eigenvalue weighted by molar-refractivity contribution is 5.80. The van der Waals surface area contributed by atoms with Gasteiger partial charge in [-0.15, -0.1) is 0 Å². The molecule has 1 aromatic carbocycles. The van der Waals surface area contributed by atoms with Crippen LogP contribution in [0.25, 0.3) is 0 Å². The molecule has 0 spiro atoms. The molecule has 0 aromatic heterocycles. The van der Waals surface area contributed by atoms with Gasteiger partial charge in [-0.25, -0.2) is 0 Å². The molecule has 3 rings (SSSR count). The van der Waals surface area contributed by atoms with Crippen molar-refractivity contribution in [1.29, 1.82) is 0 Å². The minimum atomic E-state index is -0.271. The average molecular weight is 304 g/mol. The van der Waals surface area contributed by atoms with Crippen LogP contribution < -0.4 is 10.1 Å². The zero-order valence-electron chi connectivity index (χ0n) is 13.2. The topological polar surface area (TPSA) is 50.8 Å². The van der Waals surface area contributed by atoms with Crippen molar-refractivity contribution in [3.63, 3.8) is 0 Å². The van der Waals surface area contributed by atoms with Gasteiger partial charge in [0, 0.05) is 26.2 Å². The average Bonchev–Trinajstić information content (AvgIpc) is 2.97. The molecular weight excluding hydrogens is 280 g/mol. The summed E-state index contributed by atoms with van der Waals surface area (Å²) in [5.41, 5.74) is 1.29. The van der Waals surface area contributed by atoms with E-state index >= 15 is 0 Å². The minimum absolute atomic E-state index is 0.00653. The molecule has 3 atom stereocenters. The number of methoxy groups -OCH3 is 1. The fourth-order valence-corrected chi connectivity index (χ4v) is 3.53. The second kappa shape index (κ2) is 6.67. The Balaban J connectivity index is 1.60. The highest BCUT2D eigenvalue weighted by Crippen LogP contribution is 2.32. The first-order valence-electron chi connectivity index (χ1n) is 7.95. The third-order valence-electron chi connectivity index (χ3n) is 4.75. The molecule has 5 nitrogen and oxygen atoms in total. The number of hydrogen-bond donors (Lipinski definition) is 1. The van der Waals surface area contributed by atoms with Crippen molar-refractivity contribution in [3.05, 3.63) is 29.8 Å². The van der Waals surface area contributed by atoms with Gasteiger partial charge >= 0.3 is 0 Å². The predicted molar refractivity (Wildman–Crippen MR) is 83.8 cm³/mol. The number of nitrogens with one attached hydrogen (secondary N) is 1. The van der Waals surface area contributed by atoms with Gasteiger partial charge in [-0.05, 0) is 37.0 Å². The number of likely N-dealkylation sites (N-methyl/N-ethyl adjacent to an activating group) is 1. The minimum Gasteiger partial charge on any atom is -0.497 e. The Kier molecular flexibility index (Phi) is 4.64. The number of carbonyl (C=O) groups excluding carboxylic acids is 1. The second-order valence-corrected chi connectivity index (χ2v) is 6.03. The molecule has 0 unspecified atom stereocenters. The van der Waals surface area contributed by atoms with Gasteiger partial charge in [-0.2, -0.15) is 0 Å². The maximum absolute atomic E-state index is 11.7. The molecule has 2 fully saturated rings. The van der Waals surface area contributed by atoms with Gasteiger partial charge in [0.25, 0.3) is 0 Å². The summed E-state index contributed by atoms with van der Waals surface area (Å²) < 4.78 is 11.2. The van der Waals surface area contributed by atoms with E-state index in [4.69, 9.17) is 9.47 Å². The normalized spacial score (nSPS) is 28.2. The van der Waals surface area contributed by atoms with Crippen molar-refractivity contribution >= 4 is 5.91 Å². The summed E-state index contributed by atoms with van der Waals surface area (Å²) in [5, 5.41) is 2.69. The van der Waals surface area contributed by atoms with Crippen LogP contribution in [0.4, 0.5) is 0 Å². The number of carbonyl (C=O) groups is 1. The molecule has 1 aromatic rings. The number of benzene rings is 1. The van der Waals surface area contributed by atoms with Crippen molar-refractivity contribution in [1.82, 2.24) is 10.2 Å². The van der Waals surface area contributed by atoms with Gasteiger partial charge in [0.05, 0.1) is 13.2 Å². The van der Waals surface area contributed by atoms with Crippen LogP contribution in [-0.2, 0) is 16.1 Å². The van der Waals surface area contributed by atoms with Crippen molar-refractivity contribution < 1.29 is 14.3 Å². The third-order valence-corrected chi connectivity index (χ3v) is 4.75. The van der Waals surface area contributed by atoms with Gasteiger partial charge < -0.3 is 14.8 Å². The molecular formula is C17H24N2O3. The van der Waals surface area contributed by atoms with Crippen LogP contribution in [0.15, 0.2) is 24.3 Å². The van der Waals surface area contributed by atoms with E-state index in [1.54, 1.807) is 14.2 Å². The van der Waals surface area contributed by atoms with Crippen LogP contribution in [0.3, 0.4) is 0 Å². The fourth-order valence-electron chi connectivity index (χ4n) is 3.53. The number of hydrogen-bond acceptors (Lipinski definition) is 4. The number of likely N-dealkylation sites (tertiary alicyclic amines) is 1. The molecule has 120 valence electrons. The standard InChI is InChI=1S/C17H24N2O3/c1-18-17(20)16-8-7-14-15(22-16)9-10-19(14)11-12-3-5-13(21-2)6-4-12/h3-6,14-16H,7-11H2,1-2H3,(H,18,20)/t14-,15-,16-/m0/s1. The lowest BCUT2D eigenvalue weighted by Gasteiger charge is -2.35. The molecule has 2 heterocycles. The van der Waals surface area contributed by atoms with Crippen LogP contribution in [0, 0.1) is 0 Å². The highest BCUT2D eigenvalue weighted by Gasteiger charge is 2.41. The Morgan fingerprint density at radius 1 is 1.32 bits per heavy atom. The molecule has 1 amide bonds. The molecule has 22 heavy (non-hydrogen) atoms. The molecule has 1 N–H and O–H groups in total. The largest absolute Gasteiger partial charge is 0.497 e. The highest BCUT2D eigenvalue weighted by atomic mass is 16.5. The maximum Gasteiger partial charge on any atom is 0.248 e. The quantitative estimate of drug-likeness (QED) is 0.917. The molecule has 5 heteroatoms. The molecule has 2 saturated heterocycles. The van der Waals surface area contributed by atoms with Crippen LogP contribution in [0.5, 0.6) is 5.75 Å². The lowest BCUT2D eigenvalue weighted by atomic mass is 9.98. The SMILES string of the molecule is CNC(=O)[C@@H]1CC[C@H]2[C@H](CCN2Cc2ccc(OC)cc2)O1. The molecule has 0 saturated carbocycles. The van der Waals surface area contributed by atoms with E-state index in [2.05, 4.69) is 22.3 Å². The number of amides is 1. The van der Waals surface area contributed by atoms with Crippen LogP contribution in [0.1, 0.15) is 24.8 Å². The number of nitrogens with zero attached hydrogens (tertiary/aromatic N) is 1. The number of ether oxygens (including phenoxy) is 2. The van der Waals surface area contributed by atoms with E-state index < -0.39 is 0 Å². The van der Waals surface area contributed by atoms with Gasteiger partial charge in [-0.3, -0.25) is 9.69 Å². The number of rotatable bonds is 4. The Labute approximate surface area is 131 Å². The van der Waals surface area contributed by atoms with Crippen molar-refractivity contribution in [3.8, 4) is 5.75 Å². The summed E-state index contributed by atoms with van der Waals surface area (Å²) in [7, 11) is 3.35. The Morgan fingerprint density at radius 3 is 2.77 bits per heavy atom. The summed E-state index contributed by atoms with van der Waals surface area (Å²) in [4.78, 5) is 14.2. The summed E-state index contributed by atoms with van der Waals surface area (Å²) in [6, 6.07) is 8.67. The smallest absolute Gasteiger partial charge is 0.248 e. The van der Waals surface area contributed by atoms with Gasteiger partial charge in [0.1, 0.15) is 11.9 Å². The zero-order chi connectivity index (χ0) is 15.5. The molecule has 0 aliphatic carbocycles. The Bertz CT molecular complexity index is 517. The van der Waals surface area contributed by atoms with E-state index in [0.717, 1.165) is 38.1 Å². The van der Waals surface area contributed by atoms with E-state index in [0.29, 0.717) is 6.04 Å². The summed E-state index contributed by atoms with van der Waals surface area (Å²) in [5.74, 6) is 0.893. The van der Waals surface area contributed by atoms with Crippen molar-refractivity contribution in [2.24, 2.45) is 0 Å². The van der Waals surface area contributed by atoms with Gasteiger partial charge in [0.2, 0.25) is 5.91 Å². The Morgan fingerprint density at radius 2 is 2.09 bits per heavy atom. The van der Waals surface area contributed by atoms with Crippen LogP contribution in [-0.4, -0.2) is 49.8 Å². The lowest BCUT2D eigenvalue weighted by molar-refractivity contribution is -0.143. The molecule has 2 aliphatic heterocycles. The summed E-state index contributed by atoms with van der Waals surface area (Å²) in [6.45, 7) is 1.96. The van der Waals surface area contributed by atoms with Crippen molar-refractivity contribution in [2.45, 2.75) is 44.1 Å². The first-order valence-corrected chi connectivity index (χ1v) is 7.95. The second-order valence-electron chi connectivity index (χ2n) is 6.03. The van der Waals surface area contributed by atoms with E-state index in [9.17, 15) is 4.79 Å². The molecule has 0 radical (unpaired) electrons. The molecule has 0 bridgehead atoms. The zero-order valence-corrected chi connectivity index (χ0v) is 13.2. The number of fused-ring (bicyclic) bond motifs is 1. The first-order chi connectivity index (χ1) is 10.7. The third kappa shape index (κ3) is 3.10. The monoisotopic (exact) mass is 304 g/mol. The summed E-state index contributed by atoms with van der Waals surface area (Å²) >= 11 is 0. The fraction of sp³-hybridized carbons (Fsp3) is 0.588. The predicted octanol–water partition coefficient (Wildman–Crippen LogP) is 1.56. The van der Waals surface area contributed by atoms with Gasteiger partial charge in [-0.1, -0.05) is 12.1 Å². The van der Waals surface area contributed by atoms with Crippen LogP contribution in [0.2, 0.25) is 0 Å². The Hall–Kier alpha value is -1.59. The molecule has 2 aliphatic rings. The summed E-state index contributed by atoms with van der Waals surface area (Å²) in [6.07, 6.45) is 2.76. The van der Waals surface area contributed by atoms with E-state index in [1.807, 2.05) is 12.1 Å². The maximum atomic E-state index is 11.7. The van der Waals surface area contributed by atoms with E-state index in [-0.39, 0.29) is 18.1 Å². The van der Waals surface area contributed by atoms with E-state index in [1.165, 1.54) is 5.56 Å². The lowest BCUT2D eigenvalue weighted by Crippen LogP contribution is -2.47. The van der Waals surface area contributed by atoms with Gasteiger partial charge in [0.15, 0.2) is 0 Å². The van der Waals surface area contributed by atoms with Crippen molar-refractivity contribution in [2.75, 3.05) is 20.7 Å². The van der Waals surface area contributed by atoms with Crippen LogP contribution >= 0.6 is 0 Å². The first kappa shape index (κ1) is 15.3.